The molecule has 0 aliphatic heterocycles. The van der Waals surface area contributed by atoms with Crippen LogP contribution in [0.2, 0.25) is 0 Å². The highest BCUT2D eigenvalue weighted by atomic mass is 32.2. The maximum absolute atomic E-state index is 14.0. The molecule has 4 nitrogen and oxygen atoms in total. The monoisotopic (exact) mass is 570 g/mol. The van der Waals surface area contributed by atoms with E-state index in [1.165, 1.54) is 0 Å². The number of likely N-dealkylation sites (N-methyl/N-ethyl adjacent to an activating group) is 1. The fourth-order valence-corrected chi connectivity index (χ4v) is 2.82. The van der Waals surface area contributed by atoms with Crippen LogP contribution < -0.4 is 0 Å². The van der Waals surface area contributed by atoms with E-state index < -0.39 is 82.4 Å². The Balaban J connectivity index is 6.96. The summed E-state index contributed by atoms with van der Waals surface area (Å²) >= 11 is -4.13. The van der Waals surface area contributed by atoms with E-state index in [1.54, 1.807) is 0 Å². The average Bonchev–Trinajstić information content (AvgIpc) is 2.63. The first kappa shape index (κ1) is 32.8. The van der Waals surface area contributed by atoms with E-state index in [-0.39, 0.29) is 0 Å². The lowest BCUT2D eigenvalue weighted by Gasteiger charge is -2.45. The van der Waals surface area contributed by atoms with Crippen molar-refractivity contribution in [2.24, 2.45) is 0 Å². The molecule has 0 aliphatic carbocycles. The highest BCUT2D eigenvalue weighted by molar-refractivity contribution is 7.76. The molecule has 0 saturated heterocycles. The minimum absolute atomic E-state index is 0.507. The number of hydrogen-bond acceptors (Lipinski definition) is 3. The van der Waals surface area contributed by atoms with Crippen molar-refractivity contribution in [3.63, 3.8) is 0 Å². The minimum atomic E-state index is -8.79. The van der Waals surface area contributed by atoms with E-state index in [9.17, 15) is 83.4 Å². The second-order valence-corrected chi connectivity index (χ2v) is 7.12. The molecule has 0 bridgehead atoms. The molecule has 0 rings (SSSR count). The summed E-state index contributed by atoms with van der Waals surface area (Å²) in [7, 11) is 0. The predicted molar refractivity (Wildman–Crippen MR) is 72.9 cm³/mol. The van der Waals surface area contributed by atoms with E-state index in [2.05, 4.69) is 0 Å². The second-order valence-electron chi connectivity index (χ2n) is 6.22. The van der Waals surface area contributed by atoms with Gasteiger partial charge in [0.25, 0.3) is 0 Å². The molecule has 22 heteroatoms. The van der Waals surface area contributed by atoms with Crippen molar-refractivity contribution < 1.29 is 88.5 Å². The zero-order valence-electron chi connectivity index (χ0n) is 15.5. The lowest BCUT2D eigenvalue weighted by molar-refractivity contribution is -0.463. The fourth-order valence-electron chi connectivity index (χ4n) is 2.20. The number of halogens is 17. The van der Waals surface area contributed by atoms with E-state index in [0.29, 0.717) is 6.92 Å². The van der Waals surface area contributed by atoms with Gasteiger partial charge in [-0.15, -0.1) is 0 Å². The van der Waals surface area contributed by atoms with Gasteiger partial charge in [0, 0.05) is 17.8 Å². The molecule has 2 unspecified atom stereocenters. The fraction of sp³-hybridized carbons (Fsp3) is 1.00. The maximum Gasteiger partial charge on any atom is 0.460 e. The standard InChI is InChI=1S/C12H10F17NO3S/c1-2-30(34(32)33)4(3-31)5(13,14)6(15,16)7(17,18)8(19,20)9(21,22)10(23,24)11(25,26)12(27,28)29/h4,31H,2-3H2,1H3,(H,32,33)/p-1. The van der Waals surface area contributed by atoms with Gasteiger partial charge in [-0.1, -0.05) is 6.92 Å². The van der Waals surface area contributed by atoms with Crippen LogP contribution >= 0.6 is 0 Å². The zero-order valence-corrected chi connectivity index (χ0v) is 16.4. The van der Waals surface area contributed by atoms with Gasteiger partial charge in [0.1, 0.15) is 6.04 Å². The summed E-state index contributed by atoms with van der Waals surface area (Å²) in [6.45, 7) is -3.51. The summed E-state index contributed by atoms with van der Waals surface area (Å²) in [6.07, 6.45) is -7.86. The normalized spacial score (nSPS) is 17.8. The summed E-state index contributed by atoms with van der Waals surface area (Å²) < 4.78 is 245. The van der Waals surface area contributed by atoms with E-state index in [0.717, 1.165) is 0 Å². The quantitative estimate of drug-likeness (QED) is 0.295. The molecule has 0 aromatic carbocycles. The van der Waals surface area contributed by atoms with Crippen LogP contribution in [0.1, 0.15) is 6.92 Å². The first-order chi connectivity index (χ1) is 14.6. The van der Waals surface area contributed by atoms with Crippen molar-refractivity contribution >= 4 is 11.3 Å². The third-order valence-corrected chi connectivity index (χ3v) is 5.08. The van der Waals surface area contributed by atoms with Crippen LogP contribution in [-0.2, 0) is 11.3 Å². The number of rotatable bonds is 11. The van der Waals surface area contributed by atoms with Crippen LogP contribution in [0.3, 0.4) is 0 Å². The highest BCUT2D eigenvalue weighted by Gasteiger charge is 2.95. The first-order valence-electron chi connectivity index (χ1n) is 7.77. The molecule has 34 heavy (non-hydrogen) atoms. The summed E-state index contributed by atoms with van der Waals surface area (Å²) in [5.41, 5.74) is 0. The summed E-state index contributed by atoms with van der Waals surface area (Å²) in [6, 6.07) is -4.17. The largest absolute Gasteiger partial charge is 0.760 e. The molecule has 0 spiro atoms. The topological polar surface area (TPSA) is 63.6 Å². The van der Waals surface area contributed by atoms with Gasteiger partial charge in [0.2, 0.25) is 0 Å². The predicted octanol–water partition coefficient (Wildman–Crippen LogP) is 4.47. The van der Waals surface area contributed by atoms with Crippen molar-refractivity contribution in [3.8, 4) is 0 Å². The molecular formula is C12H9F17NO3S-. The molecule has 0 radical (unpaired) electrons. The molecule has 0 heterocycles. The lowest BCUT2D eigenvalue weighted by atomic mass is 9.87. The molecule has 0 aromatic heterocycles. The van der Waals surface area contributed by atoms with Crippen LogP contribution in [0.5, 0.6) is 0 Å². The first-order valence-corrected chi connectivity index (χ1v) is 8.81. The zero-order chi connectivity index (χ0) is 28.1. The van der Waals surface area contributed by atoms with Crippen molar-refractivity contribution in [2.45, 2.75) is 60.6 Å². The number of aliphatic hydroxyl groups is 1. The molecular weight excluding hydrogens is 561 g/mol. The Hall–Kier alpha value is -1.16. The third kappa shape index (κ3) is 4.31. The van der Waals surface area contributed by atoms with Gasteiger partial charge in [0.15, 0.2) is 0 Å². The molecule has 0 fully saturated rings. The minimum Gasteiger partial charge on any atom is -0.760 e. The number of hydrogen-bond donors (Lipinski definition) is 1. The molecule has 0 aliphatic rings. The molecule has 0 aromatic rings. The number of nitrogens with zero attached hydrogens (tertiary/aromatic N) is 1. The molecule has 1 N–H and O–H groups in total. The smallest absolute Gasteiger partial charge is 0.460 e. The van der Waals surface area contributed by atoms with Crippen molar-refractivity contribution in [1.82, 2.24) is 4.31 Å². The summed E-state index contributed by atoms with van der Waals surface area (Å²) in [5.74, 6) is -58.2. The Bertz CT molecular complexity index is 753. The molecule has 0 saturated carbocycles. The van der Waals surface area contributed by atoms with Gasteiger partial charge < -0.3 is 9.66 Å². The lowest BCUT2D eigenvalue weighted by Crippen LogP contribution is -2.76. The Kier molecular flexibility index (Phi) is 8.74. The summed E-state index contributed by atoms with van der Waals surface area (Å²) in [5, 5.41) is 8.68. The van der Waals surface area contributed by atoms with E-state index in [1.807, 2.05) is 0 Å². The van der Waals surface area contributed by atoms with E-state index >= 15 is 0 Å². The highest BCUT2D eigenvalue weighted by Crippen LogP contribution is 2.64. The van der Waals surface area contributed by atoms with Crippen molar-refractivity contribution in [1.29, 1.82) is 0 Å². The van der Waals surface area contributed by atoms with Crippen LogP contribution in [0.4, 0.5) is 74.6 Å². The van der Waals surface area contributed by atoms with Gasteiger partial charge in [-0.25, -0.2) is 4.31 Å². The van der Waals surface area contributed by atoms with Gasteiger partial charge in [0.05, 0.1) is 6.61 Å². The van der Waals surface area contributed by atoms with Crippen LogP contribution in [-0.4, -0.2) is 85.0 Å². The van der Waals surface area contributed by atoms with Gasteiger partial charge in [-0.05, 0) is 0 Å². The Morgan fingerprint density at radius 2 is 0.971 bits per heavy atom. The van der Waals surface area contributed by atoms with Crippen LogP contribution in [0, 0.1) is 0 Å². The Labute approximate surface area is 179 Å². The van der Waals surface area contributed by atoms with Gasteiger partial charge in [-0.3, -0.25) is 4.21 Å². The van der Waals surface area contributed by atoms with Crippen LogP contribution in [0.15, 0.2) is 0 Å². The molecule has 2 atom stereocenters. The van der Waals surface area contributed by atoms with Crippen molar-refractivity contribution in [2.75, 3.05) is 13.2 Å². The number of aliphatic hydroxyl groups excluding tert-OH is 1. The second kappa shape index (κ2) is 9.05. The average molecular weight is 570 g/mol. The van der Waals surface area contributed by atoms with Crippen molar-refractivity contribution in [3.05, 3.63) is 0 Å². The third-order valence-electron chi connectivity index (χ3n) is 4.19. The SMILES string of the molecule is CCN(C(CO)C(F)(F)C(F)(F)C(F)(F)C(F)(F)C(F)(F)C(F)(F)C(F)(F)C(F)(F)F)S(=O)[O-]. The number of alkyl halides is 17. The maximum atomic E-state index is 14.0. The molecule has 0 amide bonds. The van der Waals surface area contributed by atoms with E-state index in [4.69, 9.17) is 5.11 Å². The Morgan fingerprint density at radius 1 is 0.676 bits per heavy atom. The molecule has 206 valence electrons. The Morgan fingerprint density at radius 3 is 1.21 bits per heavy atom. The van der Waals surface area contributed by atoms with Crippen LogP contribution in [0.25, 0.3) is 0 Å². The summed E-state index contributed by atoms with van der Waals surface area (Å²) in [4.78, 5) is 0. The van der Waals surface area contributed by atoms with Gasteiger partial charge in [-0.2, -0.15) is 74.6 Å². The van der Waals surface area contributed by atoms with Gasteiger partial charge >= 0.3 is 47.6 Å².